The number of esters is 1. The highest BCUT2D eigenvalue weighted by Gasteiger charge is 2.27. The number of rotatable bonds is 4. The van der Waals surface area contributed by atoms with Crippen molar-refractivity contribution in [3.8, 4) is 0 Å². The predicted octanol–water partition coefficient (Wildman–Crippen LogP) is 3.64. The lowest BCUT2D eigenvalue weighted by Gasteiger charge is -2.08. The normalized spacial score (nSPS) is 12.0. The Kier molecular flexibility index (Phi) is 5.23. The Morgan fingerprint density at radius 1 is 1.04 bits per heavy atom. The van der Waals surface area contributed by atoms with Crippen LogP contribution < -0.4 is 0 Å². The molecule has 23 heavy (non-hydrogen) atoms. The number of methoxy groups -OCH3 is 1. The first-order valence-electron chi connectivity index (χ1n) is 6.72. The molecule has 0 N–H and O–H groups in total. The van der Waals surface area contributed by atoms with Crippen molar-refractivity contribution in [1.29, 1.82) is 0 Å². The van der Waals surface area contributed by atoms with Gasteiger partial charge < -0.3 is 4.74 Å². The molecule has 0 saturated heterocycles. The lowest BCUT2D eigenvalue weighted by molar-refractivity contribution is -0.135. The van der Waals surface area contributed by atoms with Crippen LogP contribution in [0.3, 0.4) is 0 Å². The van der Waals surface area contributed by atoms with Crippen molar-refractivity contribution in [3.63, 3.8) is 0 Å². The number of benzene rings is 2. The minimum atomic E-state index is -3.98. The monoisotopic (exact) mass is 350 g/mol. The Morgan fingerprint density at radius 2 is 1.61 bits per heavy atom. The smallest absolute Gasteiger partial charge is 0.349 e. The molecule has 0 unspecified atom stereocenters. The maximum Gasteiger partial charge on any atom is 0.349 e. The summed E-state index contributed by atoms with van der Waals surface area (Å²) in [6, 6.07) is 12.7. The standard InChI is InChI=1S/C17H15ClO4S/c1-12-3-9-15(10-4-12)23(20,21)16(17(19)22-2)11-13-5-7-14(18)8-6-13/h3-11H,1-2H3/b16-11+. The zero-order valence-corrected chi connectivity index (χ0v) is 14.2. The second kappa shape index (κ2) is 6.98. The molecule has 0 aliphatic rings. The number of halogens is 1. The van der Waals surface area contributed by atoms with Gasteiger partial charge in [0.25, 0.3) is 0 Å². The molecule has 0 radical (unpaired) electrons. The number of hydrogen-bond donors (Lipinski definition) is 0. The lowest BCUT2D eigenvalue weighted by atomic mass is 10.2. The molecule has 2 aromatic carbocycles. The van der Waals surface area contributed by atoms with E-state index in [0.717, 1.165) is 12.7 Å². The molecular weight excluding hydrogens is 336 g/mol. The lowest BCUT2D eigenvalue weighted by Crippen LogP contribution is -2.15. The van der Waals surface area contributed by atoms with Crippen LogP contribution in [0.5, 0.6) is 0 Å². The quantitative estimate of drug-likeness (QED) is 0.624. The van der Waals surface area contributed by atoms with E-state index >= 15 is 0 Å². The molecule has 0 heterocycles. The zero-order chi connectivity index (χ0) is 17.0. The van der Waals surface area contributed by atoms with Gasteiger partial charge in [-0.3, -0.25) is 0 Å². The van der Waals surface area contributed by atoms with Crippen molar-refractivity contribution in [2.45, 2.75) is 11.8 Å². The predicted molar refractivity (Wildman–Crippen MR) is 89.8 cm³/mol. The van der Waals surface area contributed by atoms with E-state index in [0.29, 0.717) is 10.6 Å². The summed E-state index contributed by atoms with van der Waals surface area (Å²) in [6.07, 6.45) is 1.28. The van der Waals surface area contributed by atoms with Gasteiger partial charge in [0.05, 0.1) is 12.0 Å². The maximum atomic E-state index is 12.7. The molecule has 0 saturated carbocycles. The van der Waals surface area contributed by atoms with Gasteiger partial charge in [0.2, 0.25) is 9.84 Å². The SMILES string of the molecule is COC(=O)/C(=C\c1ccc(Cl)cc1)S(=O)(=O)c1ccc(C)cc1. The second-order valence-electron chi connectivity index (χ2n) is 4.87. The first-order chi connectivity index (χ1) is 10.8. The number of carbonyl (C=O) groups is 1. The third-order valence-electron chi connectivity index (χ3n) is 3.18. The molecule has 0 aromatic heterocycles. The van der Waals surface area contributed by atoms with Crippen molar-refractivity contribution in [3.05, 3.63) is 69.6 Å². The van der Waals surface area contributed by atoms with E-state index < -0.39 is 20.7 Å². The molecule has 4 nitrogen and oxygen atoms in total. The van der Waals surface area contributed by atoms with Crippen molar-refractivity contribution in [2.24, 2.45) is 0 Å². The minimum Gasteiger partial charge on any atom is -0.465 e. The highest BCUT2D eigenvalue weighted by atomic mass is 35.5. The number of sulfone groups is 1. The van der Waals surface area contributed by atoms with Crippen molar-refractivity contribution in [1.82, 2.24) is 0 Å². The summed E-state index contributed by atoms with van der Waals surface area (Å²) >= 11 is 5.81. The summed E-state index contributed by atoms with van der Waals surface area (Å²) in [5.41, 5.74) is 1.45. The van der Waals surface area contributed by atoms with Crippen molar-refractivity contribution >= 4 is 33.5 Å². The van der Waals surface area contributed by atoms with Crippen LogP contribution in [0.4, 0.5) is 0 Å². The molecule has 2 rings (SSSR count). The minimum absolute atomic E-state index is 0.0358. The largest absolute Gasteiger partial charge is 0.465 e. The summed E-state index contributed by atoms with van der Waals surface area (Å²) in [4.78, 5) is 11.6. The summed E-state index contributed by atoms with van der Waals surface area (Å²) < 4.78 is 30.1. The Hall–Kier alpha value is -2.11. The molecule has 0 spiro atoms. The molecule has 0 aliphatic heterocycles. The van der Waals surface area contributed by atoms with E-state index in [9.17, 15) is 13.2 Å². The van der Waals surface area contributed by atoms with Gasteiger partial charge in [-0.1, -0.05) is 41.4 Å². The Morgan fingerprint density at radius 3 is 2.13 bits per heavy atom. The first kappa shape index (κ1) is 17.2. The van der Waals surface area contributed by atoms with Crippen LogP contribution in [0.25, 0.3) is 6.08 Å². The highest BCUT2D eigenvalue weighted by molar-refractivity contribution is 7.96. The van der Waals surface area contributed by atoms with Gasteiger partial charge in [0.1, 0.15) is 0 Å². The average molecular weight is 351 g/mol. The van der Waals surface area contributed by atoms with Gasteiger partial charge in [-0.05, 0) is 42.8 Å². The van der Waals surface area contributed by atoms with Gasteiger partial charge in [0, 0.05) is 5.02 Å². The number of carbonyl (C=O) groups excluding carboxylic acids is 1. The highest BCUT2D eigenvalue weighted by Crippen LogP contribution is 2.23. The molecule has 6 heteroatoms. The Labute approximate surface area is 140 Å². The Balaban J connectivity index is 2.56. The molecule has 0 amide bonds. The van der Waals surface area contributed by atoms with Crippen molar-refractivity contribution in [2.75, 3.05) is 7.11 Å². The van der Waals surface area contributed by atoms with Gasteiger partial charge in [0.15, 0.2) is 4.91 Å². The summed E-state index contributed by atoms with van der Waals surface area (Å²) in [5.74, 6) is -0.916. The number of ether oxygens (including phenoxy) is 1. The van der Waals surface area contributed by atoms with Crippen molar-refractivity contribution < 1.29 is 17.9 Å². The fourth-order valence-corrected chi connectivity index (χ4v) is 3.37. The topological polar surface area (TPSA) is 60.4 Å². The van der Waals surface area contributed by atoms with Crippen LogP contribution in [0, 0.1) is 6.92 Å². The summed E-state index contributed by atoms with van der Waals surface area (Å²) in [7, 11) is -2.84. The van der Waals surface area contributed by atoms with Crippen LogP contribution in [-0.2, 0) is 19.4 Å². The van der Waals surface area contributed by atoms with E-state index in [2.05, 4.69) is 4.74 Å². The van der Waals surface area contributed by atoms with Crippen LogP contribution in [0.2, 0.25) is 5.02 Å². The summed E-state index contributed by atoms with van der Waals surface area (Å²) in [6.45, 7) is 1.85. The zero-order valence-electron chi connectivity index (χ0n) is 12.6. The van der Waals surface area contributed by atoms with Gasteiger partial charge >= 0.3 is 5.97 Å². The number of hydrogen-bond acceptors (Lipinski definition) is 4. The Bertz CT molecular complexity index is 835. The molecule has 120 valence electrons. The van der Waals surface area contributed by atoms with Crippen LogP contribution >= 0.6 is 11.6 Å². The molecule has 0 bridgehead atoms. The number of aryl methyl sites for hydroxylation is 1. The molecule has 0 aliphatic carbocycles. The van der Waals surface area contributed by atoms with Gasteiger partial charge in [-0.15, -0.1) is 0 Å². The van der Waals surface area contributed by atoms with E-state index in [1.165, 1.54) is 18.2 Å². The fourth-order valence-electron chi connectivity index (χ4n) is 1.90. The first-order valence-corrected chi connectivity index (χ1v) is 8.58. The van der Waals surface area contributed by atoms with E-state index in [-0.39, 0.29) is 4.90 Å². The molecule has 0 atom stereocenters. The molecular formula is C17H15ClO4S. The maximum absolute atomic E-state index is 12.7. The third-order valence-corrected chi connectivity index (χ3v) is 5.18. The van der Waals surface area contributed by atoms with Gasteiger partial charge in [-0.25, -0.2) is 13.2 Å². The van der Waals surface area contributed by atoms with Crippen LogP contribution in [0.15, 0.2) is 58.3 Å². The molecule has 2 aromatic rings. The second-order valence-corrected chi connectivity index (χ2v) is 7.22. The van der Waals surface area contributed by atoms with E-state index in [4.69, 9.17) is 11.6 Å². The average Bonchev–Trinajstić information content (AvgIpc) is 2.54. The van der Waals surface area contributed by atoms with Gasteiger partial charge in [-0.2, -0.15) is 0 Å². The third kappa shape index (κ3) is 4.00. The van der Waals surface area contributed by atoms with Crippen LogP contribution in [0.1, 0.15) is 11.1 Å². The van der Waals surface area contributed by atoms with E-state index in [1.54, 1.807) is 36.4 Å². The summed E-state index contributed by atoms with van der Waals surface area (Å²) in [5, 5.41) is 0.517. The van der Waals surface area contributed by atoms with E-state index in [1.807, 2.05) is 6.92 Å². The molecule has 0 fully saturated rings. The van der Waals surface area contributed by atoms with Crippen LogP contribution in [-0.4, -0.2) is 21.5 Å². The fraction of sp³-hybridized carbons (Fsp3) is 0.118.